The van der Waals surface area contributed by atoms with E-state index in [1.54, 1.807) is 19.5 Å². The number of aromatic nitrogens is 3. The van der Waals surface area contributed by atoms with Crippen molar-refractivity contribution in [3.05, 3.63) is 76.2 Å². The van der Waals surface area contributed by atoms with Gasteiger partial charge in [-0.05, 0) is 36.4 Å². The van der Waals surface area contributed by atoms with E-state index in [1.165, 1.54) is 0 Å². The summed E-state index contributed by atoms with van der Waals surface area (Å²) in [7, 11) is 1.56. The van der Waals surface area contributed by atoms with Gasteiger partial charge in [-0.25, -0.2) is 9.97 Å². The van der Waals surface area contributed by atoms with Crippen LogP contribution in [0.4, 0.5) is 0 Å². The van der Waals surface area contributed by atoms with E-state index in [4.69, 9.17) is 32.7 Å². The van der Waals surface area contributed by atoms with Gasteiger partial charge in [0.05, 0.1) is 17.6 Å². The normalized spacial score (nSPS) is 14.2. The van der Waals surface area contributed by atoms with Gasteiger partial charge in [-0.2, -0.15) is 0 Å². The summed E-state index contributed by atoms with van der Waals surface area (Å²) in [5.41, 5.74) is 4.12. The Morgan fingerprint density at radius 3 is 2.74 bits per heavy atom. The molecule has 0 aliphatic carbocycles. The van der Waals surface area contributed by atoms with E-state index in [1.807, 2.05) is 36.5 Å². The van der Waals surface area contributed by atoms with Crippen molar-refractivity contribution in [3.8, 4) is 17.4 Å². The molecule has 0 saturated carbocycles. The topological polar surface area (TPSA) is 52.4 Å². The van der Waals surface area contributed by atoms with Crippen molar-refractivity contribution >= 4 is 34.1 Å². The highest BCUT2D eigenvalue weighted by atomic mass is 35.5. The van der Waals surface area contributed by atoms with Crippen molar-refractivity contribution < 1.29 is 9.47 Å². The molecule has 158 valence electrons. The van der Waals surface area contributed by atoms with Crippen LogP contribution in [-0.2, 0) is 13.1 Å². The minimum atomic E-state index is 0.366. The average molecular weight is 455 g/mol. The molecule has 4 aromatic rings. The third kappa shape index (κ3) is 4.06. The Hall–Kier alpha value is -2.80. The summed E-state index contributed by atoms with van der Waals surface area (Å²) in [5, 5.41) is 2.41. The van der Waals surface area contributed by atoms with Gasteiger partial charge in [0, 0.05) is 65.4 Å². The Balaban J connectivity index is 1.46. The second-order valence-corrected chi connectivity index (χ2v) is 8.29. The first-order valence-electron chi connectivity index (χ1n) is 9.90. The van der Waals surface area contributed by atoms with E-state index in [0.717, 1.165) is 45.0 Å². The van der Waals surface area contributed by atoms with E-state index in [2.05, 4.69) is 25.5 Å². The molecule has 1 aliphatic rings. The van der Waals surface area contributed by atoms with Crippen molar-refractivity contribution in [1.82, 2.24) is 19.4 Å². The molecule has 0 spiro atoms. The minimum Gasteiger partial charge on any atom is -0.490 e. The number of rotatable bonds is 4. The first-order chi connectivity index (χ1) is 15.1. The van der Waals surface area contributed by atoms with Gasteiger partial charge in [0.2, 0.25) is 0 Å². The van der Waals surface area contributed by atoms with Gasteiger partial charge < -0.3 is 14.0 Å². The number of nitrogens with zero attached hydrogens (tertiary/aromatic N) is 4. The molecule has 0 radical (unpaired) electrons. The monoisotopic (exact) mass is 454 g/mol. The quantitative estimate of drug-likeness (QED) is 0.427. The van der Waals surface area contributed by atoms with Gasteiger partial charge in [-0.15, -0.1) is 0 Å². The summed E-state index contributed by atoms with van der Waals surface area (Å²) in [4.78, 5) is 10.7. The lowest BCUT2D eigenvalue weighted by Gasteiger charge is -2.19. The second-order valence-electron chi connectivity index (χ2n) is 7.44. The van der Waals surface area contributed by atoms with E-state index < -0.39 is 0 Å². The van der Waals surface area contributed by atoms with Gasteiger partial charge in [-0.3, -0.25) is 4.90 Å². The zero-order chi connectivity index (χ0) is 21.4. The van der Waals surface area contributed by atoms with E-state index in [-0.39, 0.29) is 0 Å². The lowest BCUT2D eigenvalue weighted by Crippen LogP contribution is -2.25. The molecule has 6 nitrogen and oxygen atoms in total. The molecule has 3 heterocycles. The number of fused-ring (bicyclic) bond motifs is 2. The van der Waals surface area contributed by atoms with Crippen LogP contribution in [0.5, 0.6) is 11.8 Å². The van der Waals surface area contributed by atoms with Crippen LogP contribution < -0.4 is 9.47 Å². The van der Waals surface area contributed by atoms with E-state index >= 15 is 0 Å². The Morgan fingerprint density at radius 2 is 1.94 bits per heavy atom. The highest BCUT2D eigenvalue weighted by Crippen LogP contribution is 2.35. The summed E-state index contributed by atoms with van der Waals surface area (Å²) in [6.45, 7) is 2.75. The first kappa shape index (κ1) is 20.1. The zero-order valence-corrected chi connectivity index (χ0v) is 18.4. The van der Waals surface area contributed by atoms with Gasteiger partial charge in [0.15, 0.2) is 0 Å². The van der Waals surface area contributed by atoms with Crippen LogP contribution >= 0.6 is 23.2 Å². The van der Waals surface area contributed by atoms with Crippen LogP contribution in [0.2, 0.25) is 10.0 Å². The highest BCUT2D eigenvalue weighted by Gasteiger charge is 2.20. The van der Waals surface area contributed by atoms with Crippen molar-refractivity contribution in [3.63, 3.8) is 0 Å². The van der Waals surface area contributed by atoms with Crippen LogP contribution in [0.15, 0.2) is 55.0 Å². The maximum absolute atomic E-state index is 6.64. The zero-order valence-electron chi connectivity index (χ0n) is 16.9. The summed E-state index contributed by atoms with van der Waals surface area (Å²) < 4.78 is 13.2. The number of hydrogen-bond donors (Lipinski definition) is 0. The molecule has 0 amide bonds. The predicted molar refractivity (Wildman–Crippen MR) is 121 cm³/mol. The lowest BCUT2D eigenvalue weighted by atomic mass is 10.1. The largest absolute Gasteiger partial charge is 0.490 e. The minimum absolute atomic E-state index is 0.366. The molecular weight excluding hydrogens is 435 g/mol. The van der Waals surface area contributed by atoms with Crippen molar-refractivity contribution in [2.75, 3.05) is 20.3 Å². The van der Waals surface area contributed by atoms with Gasteiger partial charge in [-0.1, -0.05) is 23.2 Å². The molecule has 0 saturated heterocycles. The lowest BCUT2D eigenvalue weighted by molar-refractivity contribution is 0.219. The van der Waals surface area contributed by atoms with Gasteiger partial charge in [0.1, 0.15) is 12.4 Å². The molecule has 2 aromatic heterocycles. The van der Waals surface area contributed by atoms with Gasteiger partial charge in [0.25, 0.3) is 0 Å². The molecule has 31 heavy (non-hydrogen) atoms. The molecule has 0 bridgehead atoms. The summed E-state index contributed by atoms with van der Waals surface area (Å²) in [6.07, 6.45) is 5.61. The van der Waals surface area contributed by atoms with Crippen LogP contribution in [0.1, 0.15) is 11.1 Å². The number of halogens is 2. The SMILES string of the molecule is COc1ncc(CN2CCOc3c(Cl)cc(-n4ccc5cc(Cl)ccc54)cc3C2)cn1. The Bertz CT molecular complexity index is 1240. The van der Waals surface area contributed by atoms with Crippen LogP contribution in [-0.4, -0.2) is 39.7 Å². The summed E-state index contributed by atoms with van der Waals surface area (Å²) >= 11 is 12.8. The summed E-state index contributed by atoms with van der Waals surface area (Å²) in [6, 6.07) is 12.4. The third-order valence-electron chi connectivity index (χ3n) is 5.35. The molecule has 5 rings (SSSR count). The maximum atomic E-state index is 6.64. The Labute approximate surface area is 189 Å². The Kier molecular flexibility index (Phi) is 5.44. The average Bonchev–Trinajstić information content (AvgIpc) is 3.07. The smallest absolute Gasteiger partial charge is 0.316 e. The van der Waals surface area contributed by atoms with Gasteiger partial charge >= 0.3 is 6.01 Å². The molecule has 2 aromatic carbocycles. The van der Waals surface area contributed by atoms with Crippen LogP contribution in [0.25, 0.3) is 16.6 Å². The summed E-state index contributed by atoms with van der Waals surface area (Å²) in [5.74, 6) is 0.749. The van der Waals surface area contributed by atoms with E-state index in [9.17, 15) is 0 Å². The van der Waals surface area contributed by atoms with Crippen LogP contribution in [0.3, 0.4) is 0 Å². The second kappa shape index (κ2) is 8.38. The fraction of sp³-hybridized carbons (Fsp3) is 0.217. The van der Waals surface area contributed by atoms with Crippen molar-refractivity contribution in [1.29, 1.82) is 0 Å². The maximum Gasteiger partial charge on any atom is 0.316 e. The van der Waals surface area contributed by atoms with E-state index in [0.29, 0.717) is 30.7 Å². The van der Waals surface area contributed by atoms with Crippen LogP contribution in [0, 0.1) is 0 Å². The fourth-order valence-electron chi connectivity index (χ4n) is 3.91. The molecule has 0 fully saturated rings. The first-order valence-corrected chi connectivity index (χ1v) is 10.7. The molecule has 0 atom stereocenters. The number of benzene rings is 2. The van der Waals surface area contributed by atoms with Crippen molar-refractivity contribution in [2.24, 2.45) is 0 Å². The highest BCUT2D eigenvalue weighted by molar-refractivity contribution is 6.32. The molecule has 1 aliphatic heterocycles. The molecule has 8 heteroatoms. The molecular formula is C23H20Cl2N4O2. The number of hydrogen-bond acceptors (Lipinski definition) is 5. The van der Waals surface area contributed by atoms with Crippen molar-refractivity contribution in [2.45, 2.75) is 13.1 Å². The standard InChI is InChI=1S/C23H20Cl2N4O2/c1-30-23-26-11-15(12-27-23)13-28-6-7-31-22-17(14-28)9-19(10-20(22)25)29-5-4-16-8-18(24)2-3-21(16)29/h2-5,8-12H,6-7,13-14H2,1H3. The molecule has 0 unspecified atom stereocenters. The number of methoxy groups -OCH3 is 1. The predicted octanol–water partition coefficient (Wildman–Crippen LogP) is 5.13. The Morgan fingerprint density at radius 1 is 1.10 bits per heavy atom. The number of ether oxygens (including phenoxy) is 2. The molecule has 0 N–H and O–H groups in total. The third-order valence-corrected chi connectivity index (χ3v) is 5.87. The fourth-order valence-corrected chi connectivity index (χ4v) is 4.38.